The van der Waals surface area contributed by atoms with E-state index in [4.69, 9.17) is 30.1 Å². The van der Waals surface area contributed by atoms with E-state index in [2.05, 4.69) is 0 Å². The molecule has 0 heterocycles. The minimum Gasteiger partial charge on any atom is -0.482 e. The van der Waals surface area contributed by atoms with E-state index in [1.165, 1.54) is 18.2 Å². The molecule has 0 N–H and O–H groups in total. The fourth-order valence-corrected chi connectivity index (χ4v) is 4.76. The summed E-state index contributed by atoms with van der Waals surface area (Å²) in [6.45, 7) is 2.47. The van der Waals surface area contributed by atoms with E-state index in [1.54, 1.807) is 26.0 Å². The van der Waals surface area contributed by atoms with Gasteiger partial charge in [-0.3, -0.25) is 4.57 Å². The van der Waals surface area contributed by atoms with E-state index < -0.39 is 37.8 Å². The molecule has 0 spiro atoms. The lowest BCUT2D eigenvalue weighted by Gasteiger charge is -2.27. The molecule has 170 valence electrons. The van der Waals surface area contributed by atoms with Gasteiger partial charge in [0.2, 0.25) is 5.85 Å². The number of halogens is 4. The zero-order chi connectivity index (χ0) is 23.1. The van der Waals surface area contributed by atoms with Gasteiger partial charge in [0.05, 0.1) is 18.8 Å². The first kappa shape index (κ1) is 25.2. The van der Waals surface area contributed by atoms with Gasteiger partial charge in [0, 0.05) is 10.6 Å². The smallest absolute Gasteiger partial charge is 0.416 e. The summed E-state index contributed by atoms with van der Waals surface area (Å²) >= 11 is 6.18. The third-order valence-electron chi connectivity index (χ3n) is 3.84. The molecule has 6 nitrogen and oxygen atoms in total. The zero-order valence-electron chi connectivity index (χ0n) is 16.7. The molecule has 11 heteroatoms. The average molecular weight is 481 g/mol. The Morgan fingerprint density at radius 3 is 2.29 bits per heavy atom. The maximum Gasteiger partial charge on any atom is 0.416 e. The first-order valence-corrected chi connectivity index (χ1v) is 11.2. The molecule has 2 rings (SSSR count). The monoisotopic (exact) mass is 480 g/mol. The quantitative estimate of drug-likeness (QED) is 0.296. The van der Waals surface area contributed by atoms with E-state index in [0.29, 0.717) is 0 Å². The number of carbonyl (C=O) groups is 1. The van der Waals surface area contributed by atoms with E-state index >= 15 is 0 Å². The molecule has 0 aliphatic heterocycles. The summed E-state index contributed by atoms with van der Waals surface area (Å²) in [6, 6.07) is 10.3. The fourth-order valence-electron chi connectivity index (χ4n) is 2.57. The molecule has 0 radical (unpaired) electrons. The van der Waals surface area contributed by atoms with Crippen molar-refractivity contribution in [3.63, 3.8) is 0 Å². The molecule has 0 fully saturated rings. The van der Waals surface area contributed by atoms with Crippen molar-refractivity contribution in [2.24, 2.45) is 0 Å². The van der Waals surface area contributed by atoms with Gasteiger partial charge in [0.1, 0.15) is 5.75 Å². The van der Waals surface area contributed by atoms with Crippen molar-refractivity contribution in [1.82, 2.24) is 0 Å². The molecule has 0 amide bonds. The van der Waals surface area contributed by atoms with Gasteiger partial charge in [0.15, 0.2) is 6.61 Å². The van der Waals surface area contributed by atoms with Gasteiger partial charge >= 0.3 is 19.7 Å². The molecule has 31 heavy (non-hydrogen) atoms. The highest BCUT2D eigenvalue weighted by Crippen LogP contribution is 2.62. The third-order valence-corrected chi connectivity index (χ3v) is 6.38. The van der Waals surface area contributed by atoms with Crippen molar-refractivity contribution in [3.05, 3.63) is 64.7 Å². The standard InChI is InChI=1S/C20H21ClF3O6P/c1-3-28-31(26,29-4-2)19(16-10-5-6-11-17(16)21)30-18(25)13-27-15-9-7-8-14(12-15)20(22,23)24/h5-12,19H,3-4,13H2,1-2H3. The van der Waals surface area contributed by atoms with Crippen molar-refractivity contribution >= 4 is 25.2 Å². The predicted molar refractivity (Wildman–Crippen MR) is 108 cm³/mol. The third kappa shape index (κ3) is 6.97. The minimum absolute atomic E-state index is 0.0104. The first-order valence-electron chi connectivity index (χ1n) is 9.23. The van der Waals surface area contributed by atoms with Crippen LogP contribution >= 0.6 is 19.2 Å². The van der Waals surface area contributed by atoms with Crippen molar-refractivity contribution in [2.45, 2.75) is 25.9 Å². The lowest BCUT2D eigenvalue weighted by Crippen LogP contribution is -2.20. The second-order valence-electron chi connectivity index (χ2n) is 6.05. The van der Waals surface area contributed by atoms with Crippen LogP contribution in [0, 0.1) is 0 Å². The van der Waals surface area contributed by atoms with Crippen LogP contribution in [0.15, 0.2) is 48.5 Å². The number of hydrogen-bond acceptors (Lipinski definition) is 6. The van der Waals surface area contributed by atoms with E-state index in [9.17, 15) is 22.5 Å². The Labute approximate surface area is 182 Å². The molecule has 0 aliphatic carbocycles. The van der Waals surface area contributed by atoms with Crippen LogP contribution in [0.1, 0.15) is 30.8 Å². The van der Waals surface area contributed by atoms with Crippen molar-refractivity contribution in [2.75, 3.05) is 19.8 Å². The van der Waals surface area contributed by atoms with Gasteiger partial charge in [-0.05, 0) is 38.1 Å². The van der Waals surface area contributed by atoms with Crippen LogP contribution in [0.2, 0.25) is 5.02 Å². The molecule has 1 atom stereocenters. The maximum absolute atomic E-state index is 13.3. The van der Waals surface area contributed by atoms with Crippen LogP contribution in [-0.4, -0.2) is 25.8 Å². The van der Waals surface area contributed by atoms with Crippen LogP contribution in [-0.2, 0) is 29.3 Å². The summed E-state index contributed by atoms with van der Waals surface area (Å²) in [5, 5.41) is 0.165. The molecular formula is C20H21ClF3O6P. The fraction of sp³-hybridized carbons (Fsp3) is 0.350. The number of hydrogen-bond donors (Lipinski definition) is 0. The van der Waals surface area contributed by atoms with Crippen LogP contribution in [0.25, 0.3) is 0 Å². The second-order valence-corrected chi connectivity index (χ2v) is 8.53. The molecule has 0 saturated heterocycles. The number of rotatable bonds is 10. The van der Waals surface area contributed by atoms with Gasteiger partial charge in [-0.15, -0.1) is 0 Å². The van der Waals surface area contributed by atoms with Crippen LogP contribution in [0.3, 0.4) is 0 Å². The summed E-state index contributed by atoms with van der Waals surface area (Å²) in [7, 11) is -3.99. The Hall–Kier alpha value is -2.06. The number of esters is 1. The number of ether oxygens (including phenoxy) is 2. The van der Waals surface area contributed by atoms with Gasteiger partial charge in [-0.2, -0.15) is 13.2 Å². The van der Waals surface area contributed by atoms with Gasteiger partial charge in [-0.25, -0.2) is 4.79 Å². The lowest BCUT2D eigenvalue weighted by atomic mass is 10.2. The molecule has 2 aromatic rings. The van der Waals surface area contributed by atoms with Crippen LogP contribution in [0.5, 0.6) is 5.75 Å². The molecule has 1 unspecified atom stereocenters. The average Bonchev–Trinajstić information content (AvgIpc) is 2.71. The maximum atomic E-state index is 13.3. The van der Waals surface area contributed by atoms with Crippen molar-refractivity contribution < 1.29 is 41.1 Å². The molecule has 2 aromatic carbocycles. The zero-order valence-corrected chi connectivity index (χ0v) is 18.4. The summed E-state index contributed by atoms with van der Waals surface area (Å²) in [4.78, 5) is 12.4. The Morgan fingerprint density at radius 1 is 1.06 bits per heavy atom. The Bertz CT molecular complexity index is 927. The lowest BCUT2D eigenvalue weighted by molar-refractivity contribution is -0.149. The number of benzene rings is 2. The summed E-state index contributed by atoms with van der Waals surface area (Å²) in [5.74, 6) is -2.67. The molecular weight excluding hydrogens is 460 g/mol. The normalized spacial score (nSPS) is 13.0. The second kappa shape index (κ2) is 11.0. The molecule has 0 saturated carbocycles. The van der Waals surface area contributed by atoms with E-state index in [-0.39, 0.29) is 29.5 Å². The van der Waals surface area contributed by atoms with Gasteiger partial charge < -0.3 is 18.5 Å². The Morgan fingerprint density at radius 2 is 1.71 bits per heavy atom. The highest BCUT2D eigenvalue weighted by atomic mass is 35.5. The Kier molecular flexibility index (Phi) is 8.94. The summed E-state index contributed by atoms with van der Waals surface area (Å²) < 4.78 is 72.8. The van der Waals surface area contributed by atoms with E-state index in [1.807, 2.05) is 0 Å². The highest BCUT2D eigenvalue weighted by Gasteiger charge is 2.41. The highest BCUT2D eigenvalue weighted by molar-refractivity contribution is 7.54. The number of carbonyl (C=O) groups excluding carboxylic acids is 1. The molecule has 0 aliphatic rings. The van der Waals surface area contributed by atoms with Crippen LogP contribution < -0.4 is 4.74 Å². The van der Waals surface area contributed by atoms with Crippen LogP contribution in [0.4, 0.5) is 13.2 Å². The first-order chi connectivity index (χ1) is 14.6. The molecule has 0 bridgehead atoms. The number of alkyl halides is 3. The Balaban J connectivity index is 2.22. The minimum atomic E-state index is -4.56. The van der Waals surface area contributed by atoms with Gasteiger partial charge in [0.25, 0.3) is 0 Å². The SMILES string of the molecule is CCOP(=O)(OCC)C(OC(=O)COc1cccc(C(F)(F)F)c1)c1ccccc1Cl. The topological polar surface area (TPSA) is 71.1 Å². The largest absolute Gasteiger partial charge is 0.482 e. The molecule has 0 aromatic heterocycles. The van der Waals surface area contributed by atoms with Gasteiger partial charge in [-0.1, -0.05) is 35.9 Å². The summed E-state index contributed by atoms with van der Waals surface area (Å²) in [6.07, 6.45) is -4.56. The predicted octanol–water partition coefficient (Wildman–Crippen LogP) is 6.25. The van der Waals surface area contributed by atoms with Crippen molar-refractivity contribution in [3.8, 4) is 5.75 Å². The van der Waals surface area contributed by atoms with E-state index in [0.717, 1.165) is 18.2 Å². The summed E-state index contributed by atoms with van der Waals surface area (Å²) in [5.41, 5.74) is -0.730. The van der Waals surface area contributed by atoms with Crippen molar-refractivity contribution in [1.29, 1.82) is 0 Å².